The summed E-state index contributed by atoms with van der Waals surface area (Å²) in [5.74, 6) is 6.57. The lowest BCUT2D eigenvalue weighted by atomic mass is 10.1. The summed E-state index contributed by atoms with van der Waals surface area (Å²) in [6.45, 7) is 3.97. The summed E-state index contributed by atoms with van der Waals surface area (Å²) in [5, 5.41) is 0.657. The monoisotopic (exact) mass is 297 g/mol. The molecule has 3 N–H and O–H groups in total. The predicted molar refractivity (Wildman–Crippen MR) is 78.1 cm³/mol. The molecule has 1 aromatic carbocycles. The Morgan fingerprint density at radius 2 is 1.89 bits per heavy atom. The van der Waals surface area contributed by atoms with Gasteiger partial charge in [-0.25, -0.2) is 5.84 Å². The summed E-state index contributed by atoms with van der Waals surface area (Å²) in [5.41, 5.74) is 4.54. The lowest BCUT2D eigenvalue weighted by Crippen LogP contribution is -2.09. The lowest BCUT2D eigenvalue weighted by molar-refractivity contribution is 0.460. The van der Waals surface area contributed by atoms with E-state index in [1.165, 1.54) is 6.07 Å². The molecule has 0 spiro atoms. The maximum absolute atomic E-state index is 6.05. The van der Waals surface area contributed by atoms with Gasteiger partial charge < -0.3 is 10.2 Å². The molecule has 0 atom stereocenters. The topological polar surface area (TPSA) is 60.2 Å². The van der Waals surface area contributed by atoms with Crippen LogP contribution in [0.25, 0.3) is 0 Å². The molecule has 0 radical (unpaired) electrons. The van der Waals surface area contributed by atoms with Gasteiger partial charge in [-0.05, 0) is 31.5 Å². The highest BCUT2D eigenvalue weighted by molar-refractivity contribution is 6.36. The molecule has 2 aromatic rings. The fourth-order valence-electron chi connectivity index (χ4n) is 1.64. The number of hydrogen-bond donors (Lipinski definition) is 2. The SMILES string of the molecule is Cc1ccc(Oc2nc(NN)c(Cl)cc2Cl)c(C)c1. The van der Waals surface area contributed by atoms with E-state index >= 15 is 0 Å². The first-order valence-electron chi connectivity index (χ1n) is 5.59. The number of hydrazine groups is 1. The zero-order chi connectivity index (χ0) is 14.0. The van der Waals surface area contributed by atoms with Crippen molar-refractivity contribution in [3.8, 4) is 11.6 Å². The Bertz CT molecular complexity index is 617. The molecule has 0 amide bonds. The van der Waals surface area contributed by atoms with Gasteiger partial charge in [0.1, 0.15) is 10.8 Å². The molecular weight excluding hydrogens is 285 g/mol. The first kappa shape index (κ1) is 13.9. The van der Waals surface area contributed by atoms with E-state index in [0.29, 0.717) is 21.6 Å². The van der Waals surface area contributed by atoms with E-state index in [-0.39, 0.29) is 5.88 Å². The highest BCUT2D eigenvalue weighted by atomic mass is 35.5. The zero-order valence-corrected chi connectivity index (χ0v) is 12.0. The molecule has 0 bridgehead atoms. The summed E-state index contributed by atoms with van der Waals surface area (Å²) >= 11 is 12.0. The van der Waals surface area contributed by atoms with Crippen molar-refractivity contribution in [2.75, 3.05) is 5.43 Å². The molecule has 6 heteroatoms. The minimum Gasteiger partial charge on any atom is -0.437 e. The van der Waals surface area contributed by atoms with Crippen molar-refractivity contribution in [3.05, 3.63) is 45.4 Å². The largest absolute Gasteiger partial charge is 0.437 e. The Kier molecular flexibility index (Phi) is 4.14. The van der Waals surface area contributed by atoms with Gasteiger partial charge in [0.25, 0.3) is 0 Å². The van der Waals surface area contributed by atoms with Gasteiger partial charge >= 0.3 is 0 Å². The van der Waals surface area contributed by atoms with E-state index in [2.05, 4.69) is 10.4 Å². The number of hydrogen-bond acceptors (Lipinski definition) is 4. The Morgan fingerprint density at radius 1 is 1.16 bits per heavy atom. The van der Waals surface area contributed by atoms with E-state index in [1.807, 2.05) is 32.0 Å². The normalized spacial score (nSPS) is 10.4. The van der Waals surface area contributed by atoms with Crippen LogP contribution in [-0.2, 0) is 0 Å². The van der Waals surface area contributed by atoms with Crippen molar-refractivity contribution >= 4 is 29.0 Å². The first-order valence-corrected chi connectivity index (χ1v) is 6.34. The van der Waals surface area contributed by atoms with Crippen LogP contribution < -0.4 is 16.0 Å². The number of rotatable bonds is 3. The van der Waals surface area contributed by atoms with Gasteiger partial charge in [-0.2, -0.15) is 4.98 Å². The van der Waals surface area contributed by atoms with Crippen molar-refractivity contribution < 1.29 is 4.74 Å². The molecular formula is C13H13Cl2N3O. The summed E-state index contributed by atoms with van der Waals surface area (Å²) in [7, 11) is 0. The molecule has 4 nitrogen and oxygen atoms in total. The first-order chi connectivity index (χ1) is 9.01. The molecule has 2 rings (SSSR count). The van der Waals surface area contributed by atoms with Crippen molar-refractivity contribution in [3.63, 3.8) is 0 Å². The van der Waals surface area contributed by atoms with Crippen LogP contribution in [0.5, 0.6) is 11.6 Å². The average Bonchev–Trinajstić information content (AvgIpc) is 2.35. The Hall–Kier alpha value is -1.49. The standard InChI is InChI=1S/C13H13Cl2N3O/c1-7-3-4-11(8(2)5-7)19-13-10(15)6-9(14)12(17-13)18-16/h3-6H,16H2,1-2H3,(H,17,18). The van der Waals surface area contributed by atoms with Crippen LogP contribution in [-0.4, -0.2) is 4.98 Å². The average molecular weight is 298 g/mol. The van der Waals surface area contributed by atoms with E-state index in [1.54, 1.807) is 0 Å². The summed E-state index contributed by atoms with van der Waals surface area (Å²) in [6.07, 6.45) is 0. The Balaban J connectivity index is 2.37. The highest BCUT2D eigenvalue weighted by Crippen LogP contribution is 2.34. The number of nitrogen functional groups attached to an aromatic ring is 1. The van der Waals surface area contributed by atoms with Crippen molar-refractivity contribution in [1.82, 2.24) is 4.98 Å². The third-order valence-corrected chi connectivity index (χ3v) is 3.13. The predicted octanol–water partition coefficient (Wildman–Crippen LogP) is 4.08. The van der Waals surface area contributed by atoms with Gasteiger partial charge in [-0.1, -0.05) is 40.9 Å². The smallest absolute Gasteiger partial charge is 0.240 e. The number of nitrogens with zero attached hydrogens (tertiary/aromatic N) is 1. The summed E-state index contributed by atoms with van der Waals surface area (Å²) in [4.78, 5) is 4.13. The second-order valence-corrected chi connectivity index (χ2v) is 4.94. The number of nitrogens with two attached hydrogens (primary N) is 1. The van der Waals surface area contributed by atoms with Crippen molar-refractivity contribution in [2.45, 2.75) is 13.8 Å². The Labute approximate surface area is 121 Å². The number of aryl methyl sites for hydroxylation is 2. The van der Waals surface area contributed by atoms with Gasteiger partial charge in [0, 0.05) is 0 Å². The number of anilines is 1. The number of pyridine rings is 1. The molecule has 100 valence electrons. The molecule has 19 heavy (non-hydrogen) atoms. The van der Waals surface area contributed by atoms with Crippen LogP contribution in [0.3, 0.4) is 0 Å². The molecule has 0 saturated heterocycles. The second-order valence-electron chi connectivity index (χ2n) is 4.12. The lowest BCUT2D eigenvalue weighted by Gasteiger charge is -2.11. The van der Waals surface area contributed by atoms with Crippen LogP contribution in [0.2, 0.25) is 10.0 Å². The molecule has 0 aliphatic rings. The molecule has 1 heterocycles. The minimum atomic E-state index is 0.256. The fraction of sp³-hybridized carbons (Fsp3) is 0.154. The van der Waals surface area contributed by atoms with E-state index in [4.69, 9.17) is 33.8 Å². The summed E-state index contributed by atoms with van der Waals surface area (Å²) < 4.78 is 5.70. The number of halogens is 2. The number of benzene rings is 1. The van der Waals surface area contributed by atoms with Gasteiger partial charge in [0.05, 0.1) is 5.02 Å². The van der Waals surface area contributed by atoms with Crippen molar-refractivity contribution in [2.24, 2.45) is 5.84 Å². The van der Waals surface area contributed by atoms with Gasteiger partial charge in [-0.15, -0.1) is 0 Å². The molecule has 0 aliphatic carbocycles. The maximum Gasteiger partial charge on any atom is 0.240 e. The van der Waals surface area contributed by atoms with Crippen LogP contribution >= 0.6 is 23.2 Å². The van der Waals surface area contributed by atoms with Crippen LogP contribution in [0.4, 0.5) is 5.82 Å². The third-order valence-electron chi connectivity index (χ3n) is 2.57. The van der Waals surface area contributed by atoms with Crippen molar-refractivity contribution in [1.29, 1.82) is 0 Å². The quantitative estimate of drug-likeness (QED) is 0.662. The number of ether oxygens (including phenoxy) is 1. The second kappa shape index (κ2) is 5.65. The van der Waals surface area contributed by atoms with Crippen LogP contribution in [0.1, 0.15) is 11.1 Å². The minimum absolute atomic E-state index is 0.256. The summed E-state index contributed by atoms with van der Waals surface area (Å²) in [6, 6.07) is 7.37. The van der Waals surface area contributed by atoms with E-state index in [0.717, 1.165) is 11.1 Å². The highest BCUT2D eigenvalue weighted by Gasteiger charge is 2.11. The Morgan fingerprint density at radius 3 is 2.53 bits per heavy atom. The molecule has 0 saturated carbocycles. The number of aromatic nitrogens is 1. The van der Waals surface area contributed by atoms with Crippen LogP contribution in [0, 0.1) is 13.8 Å². The van der Waals surface area contributed by atoms with Gasteiger partial charge in [-0.3, -0.25) is 0 Å². The van der Waals surface area contributed by atoms with Gasteiger partial charge in [0.2, 0.25) is 5.88 Å². The zero-order valence-electron chi connectivity index (χ0n) is 10.5. The van der Waals surface area contributed by atoms with E-state index in [9.17, 15) is 0 Å². The van der Waals surface area contributed by atoms with E-state index < -0.39 is 0 Å². The number of nitrogens with one attached hydrogen (secondary N) is 1. The molecule has 0 unspecified atom stereocenters. The molecule has 0 aliphatic heterocycles. The third kappa shape index (κ3) is 3.10. The van der Waals surface area contributed by atoms with Crippen LogP contribution in [0.15, 0.2) is 24.3 Å². The van der Waals surface area contributed by atoms with Gasteiger partial charge in [0.15, 0.2) is 5.82 Å². The fourth-order valence-corrected chi connectivity index (χ4v) is 2.09. The maximum atomic E-state index is 6.05. The molecule has 1 aromatic heterocycles. The molecule has 0 fully saturated rings.